The molecule has 0 saturated carbocycles. The zero-order valence-electron chi connectivity index (χ0n) is 19.3. The summed E-state index contributed by atoms with van der Waals surface area (Å²) in [4.78, 5) is 28.8. The molecule has 2 aromatic heterocycles. The highest BCUT2D eigenvalue weighted by molar-refractivity contribution is 7.91. The maximum absolute atomic E-state index is 13.7. The van der Waals surface area contributed by atoms with Crippen LogP contribution < -0.4 is 0 Å². The van der Waals surface area contributed by atoms with Crippen LogP contribution in [0, 0.1) is 6.92 Å². The summed E-state index contributed by atoms with van der Waals surface area (Å²) in [7, 11) is -4.00. The first kappa shape index (κ1) is 24.4. The van der Waals surface area contributed by atoms with E-state index in [9.17, 15) is 23.1 Å². The minimum atomic E-state index is -4.00. The van der Waals surface area contributed by atoms with Crippen molar-refractivity contribution in [2.75, 3.05) is 6.61 Å². The number of carboxylic acids is 1. The number of thiophene rings is 1. The van der Waals surface area contributed by atoms with E-state index < -0.39 is 21.8 Å². The van der Waals surface area contributed by atoms with Crippen LogP contribution in [-0.4, -0.2) is 37.1 Å². The number of fused-ring (bicyclic) bond motifs is 1. The molecule has 0 spiro atoms. The van der Waals surface area contributed by atoms with Gasteiger partial charge in [0.1, 0.15) is 5.69 Å². The van der Waals surface area contributed by atoms with E-state index >= 15 is 0 Å². The number of aromatic amines is 1. The fraction of sp³-hybridized carbons (Fsp3) is 0.154. The van der Waals surface area contributed by atoms with Crippen molar-refractivity contribution < 1.29 is 27.9 Å². The Morgan fingerprint density at radius 1 is 1.06 bits per heavy atom. The van der Waals surface area contributed by atoms with Crippen molar-refractivity contribution in [2.45, 2.75) is 30.6 Å². The maximum Gasteiger partial charge on any atom is 0.355 e. The van der Waals surface area contributed by atoms with Gasteiger partial charge in [-0.15, -0.1) is 11.3 Å². The Morgan fingerprint density at radius 2 is 1.77 bits per heavy atom. The highest BCUT2D eigenvalue weighted by Gasteiger charge is 2.30. The lowest BCUT2D eigenvalue weighted by molar-refractivity contribution is -0.130. The molecule has 0 atom stereocenters. The van der Waals surface area contributed by atoms with Crippen molar-refractivity contribution in [3.8, 4) is 0 Å². The molecule has 0 fully saturated rings. The van der Waals surface area contributed by atoms with Gasteiger partial charge in [-0.3, -0.25) is 0 Å². The molecule has 0 radical (unpaired) electrons. The second kappa shape index (κ2) is 9.52. The average Bonchev–Trinajstić information content (AvgIpc) is 3.47. The Balaban J connectivity index is 2.12. The number of allylic oxidation sites excluding steroid dienone is 1. The number of carbonyl (C=O) groups excluding carboxylic acids is 1. The van der Waals surface area contributed by atoms with Gasteiger partial charge in [0.05, 0.1) is 22.0 Å². The van der Waals surface area contributed by atoms with Crippen LogP contribution >= 0.6 is 11.3 Å². The van der Waals surface area contributed by atoms with Crippen molar-refractivity contribution >= 4 is 55.2 Å². The number of carbonyl (C=O) groups is 2. The minimum absolute atomic E-state index is 0.00112. The van der Waals surface area contributed by atoms with E-state index in [-0.39, 0.29) is 44.2 Å². The summed E-state index contributed by atoms with van der Waals surface area (Å²) in [5, 5.41) is 12.0. The Hall–Kier alpha value is -3.69. The van der Waals surface area contributed by atoms with Crippen LogP contribution in [0.1, 0.15) is 40.3 Å². The van der Waals surface area contributed by atoms with E-state index in [1.807, 2.05) is 6.92 Å². The second-order valence-corrected chi connectivity index (χ2v) is 10.7. The van der Waals surface area contributed by atoms with E-state index in [1.165, 1.54) is 29.5 Å². The van der Waals surface area contributed by atoms with E-state index in [4.69, 9.17) is 4.74 Å². The summed E-state index contributed by atoms with van der Waals surface area (Å²) in [5.41, 5.74) is 1.72. The molecular formula is C26H23NO6S2. The van der Waals surface area contributed by atoms with Crippen LogP contribution in [0.2, 0.25) is 0 Å². The van der Waals surface area contributed by atoms with Crippen molar-refractivity contribution in [1.29, 1.82) is 0 Å². The summed E-state index contributed by atoms with van der Waals surface area (Å²) >= 11 is 1.24. The zero-order chi connectivity index (χ0) is 25.3. The van der Waals surface area contributed by atoms with Gasteiger partial charge in [0.15, 0.2) is 0 Å². The molecule has 2 heterocycles. The van der Waals surface area contributed by atoms with Crippen LogP contribution in [0.15, 0.2) is 69.8 Å². The number of hydrogen-bond donors (Lipinski definition) is 2. The number of aromatic nitrogens is 1. The Kier molecular flexibility index (Phi) is 6.64. The lowest BCUT2D eigenvalue weighted by atomic mass is 9.97. The van der Waals surface area contributed by atoms with E-state index in [1.54, 1.807) is 55.6 Å². The molecule has 0 amide bonds. The monoisotopic (exact) mass is 509 g/mol. The third kappa shape index (κ3) is 4.40. The summed E-state index contributed by atoms with van der Waals surface area (Å²) < 4.78 is 32.6. The van der Waals surface area contributed by atoms with Gasteiger partial charge in [0, 0.05) is 21.3 Å². The van der Waals surface area contributed by atoms with Crippen LogP contribution in [-0.2, 0) is 19.4 Å². The summed E-state index contributed by atoms with van der Waals surface area (Å²) in [6.07, 6.45) is 0. The molecule has 180 valence electrons. The van der Waals surface area contributed by atoms with Gasteiger partial charge in [0.2, 0.25) is 9.84 Å². The van der Waals surface area contributed by atoms with Crippen LogP contribution in [0.4, 0.5) is 0 Å². The van der Waals surface area contributed by atoms with Gasteiger partial charge in [-0.1, -0.05) is 29.8 Å². The lowest BCUT2D eigenvalue weighted by Crippen LogP contribution is -2.09. The molecular weight excluding hydrogens is 486 g/mol. The van der Waals surface area contributed by atoms with Crippen LogP contribution in [0.3, 0.4) is 0 Å². The van der Waals surface area contributed by atoms with Gasteiger partial charge in [-0.05, 0) is 62.1 Å². The van der Waals surface area contributed by atoms with Crippen molar-refractivity contribution in [2.24, 2.45) is 0 Å². The lowest BCUT2D eigenvalue weighted by Gasteiger charge is -2.12. The molecule has 9 heteroatoms. The molecule has 0 saturated heterocycles. The van der Waals surface area contributed by atoms with Crippen molar-refractivity contribution in [3.05, 3.63) is 81.7 Å². The maximum atomic E-state index is 13.7. The van der Waals surface area contributed by atoms with E-state index in [0.717, 1.165) is 5.56 Å². The van der Waals surface area contributed by atoms with Gasteiger partial charge in [-0.2, -0.15) is 0 Å². The molecule has 0 aliphatic heterocycles. The van der Waals surface area contributed by atoms with Crippen molar-refractivity contribution in [3.63, 3.8) is 0 Å². The van der Waals surface area contributed by atoms with Crippen molar-refractivity contribution in [1.82, 2.24) is 4.98 Å². The van der Waals surface area contributed by atoms with Gasteiger partial charge in [-0.25, -0.2) is 18.0 Å². The Labute approximate surface area is 206 Å². The summed E-state index contributed by atoms with van der Waals surface area (Å²) in [6.45, 7) is 5.19. The quantitative estimate of drug-likeness (QED) is 0.249. The number of aryl methyl sites for hydroxylation is 1. The molecule has 0 aliphatic rings. The third-order valence-corrected chi connectivity index (χ3v) is 8.32. The van der Waals surface area contributed by atoms with Crippen LogP contribution in [0.25, 0.3) is 22.0 Å². The summed E-state index contributed by atoms with van der Waals surface area (Å²) in [6, 6.07) is 14.6. The predicted molar refractivity (Wildman–Crippen MR) is 135 cm³/mol. The van der Waals surface area contributed by atoms with Gasteiger partial charge >= 0.3 is 11.9 Å². The molecule has 0 bridgehead atoms. The molecule has 0 aliphatic carbocycles. The standard InChI is InChI=1S/C26H23NO6S2/c1-4-33-26(30)24-22(16(3)21(25(28)29)19-8-6-14-34-19)23-18(27-24)7-5-9-20(23)35(31,32)17-12-10-15(2)11-13-17/h5-14,27H,4H2,1-3H3,(H,28,29). The topological polar surface area (TPSA) is 114 Å². The number of H-pyrrole nitrogens is 1. The van der Waals surface area contributed by atoms with Crippen LogP contribution in [0.5, 0.6) is 0 Å². The molecule has 0 unspecified atom stereocenters. The number of nitrogens with one attached hydrogen (secondary N) is 1. The molecule has 35 heavy (non-hydrogen) atoms. The third-order valence-electron chi connectivity index (χ3n) is 5.62. The molecule has 2 N–H and O–H groups in total. The predicted octanol–water partition coefficient (Wildman–Crippen LogP) is 5.56. The zero-order valence-corrected chi connectivity index (χ0v) is 20.9. The Morgan fingerprint density at radius 3 is 2.37 bits per heavy atom. The number of benzene rings is 2. The van der Waals surface area contributed by atoms with Gasteiger partial charge in [0.25, 0.3) is 0 Å². The smallest absolute Gasteiger partial charge is 0.355 e. The van der Waals surface area contributed by atoms with E-state index in [2.05, 4.69) is 4.98 Å². The second-order valence-electron chi connectivity index (χ2n) is 7.87. The number of sulfone groups is 1. The molecule has 2 aromatic carbocycles. The average molecular weight is 510 g/mol. The fourth-order valence-corrected chi connectivity index (χ4v) is 6.32. The number of rotatable bonds is 7. The highest BCUT2D eigenvalue weighted by atomic mass is 32.2. The first-order chi connectivity index (χ1) is 16.7. The van der Waals surface area contributed by atoms with Gasteiger partial charge < -0.3 is 14.8 Å². The number of hydrogen-bond acceptors (Lipinski definition) is 6. The molecule has 4 rings (SSSR count). The number of ether oxygens (including phenoxy) is 1. The first-order valence-electron chi connectivity index (χ1n) is 10.8. The Bertz CT molecular complexity index is 1560. The SMILES string of the molecule is CCOC(=O)c1[nH]c2cccc(S(=O)(=O)c3ccc(C)cc3)c2c1C(C)=C(C(=O)O)c1cccs1. The number of esters is 1. The number of carboxylic acid groups (broad SMARTS) is 1. The largest absolute Gasteiger partial charge is 0.478 e. The minimum Gasteiger partial charge on any atom is -0.478 e. The first-order valence-corrected chi connectivity index (χ1v) is 13.1. The highest BCUT2D eigenvalue weighted by Crippen LogP contribution is 2.39. The number of aliphatic carboxylic acids is 1. The summed E-state index contributed by atoms with van der Waals surface area (Å²) in [5.74, 6) is -1.89. The normalized spacial score (nSPS) is 12.4. The molecule has 7 nitrogen and oxygen atoms in total. The molecule has 4 aromatic rings. The fourth-order valence-electron chi connectivity index (χ4n) is 4.01. The van der Waals surface area contributed by atoms with E-state index in [0.29, 0.717) is 10.4 Å².